The van der Waals surface area contributed by atoms with Gasteiger partial charge in [-0.25, -0.2) is 10.4 Å². The van der Waals surface area contributed by atoms with E-state index < -0.39 is 0 Å². The lowest BCUT2D eigenvalue weighted by Gasteiger charge is -2.22. The third-order valence-electron chi connectivity index (χ3n) is 2.85. The van der Waals surface area contributed by atoms with Crippen LogP contribution in [0.3, 0.4) is 0 Å². The van der Waals surface area contributed by atoms with Crippen molar-refractivity contribution in [1.82, 2.24) is 14.6 Å². The Balaban J connectivity index is 2.51. The lowest BCUT2D eigenvalue weighted by atomic mass is 10.4. The molecular weight excluding hydrogens is 228 g/mol. The van der Waals surface area contributed by atoms with Gasteiger partial charge in [0, 0.05) is 26.3 Å². The number of nitrogens with two attached hydrogens (primary N) is 1. The Morgan fingerprint density at radius 3 is 2.78 bits per heavy atom. The first-order chi connectivity index (χ1) is 8.67. The molecule has 0 fully saturated rings. The molecule has 0 atom stereocenters. The lowest BCUT2D eigenvalue weighted by molar-refractivity contribution is 0.735. The fraction of sp³-hybridized carbons (Fsp3) is 0.500. The molecule has 2 aromatic rings. The van der Waals surface area contributed by atoms with Gasteiger partial charge in [0.2, 0.25) is 5.95 Å². The maximum atomic E-state index is 5.83. The second kappa shape index (κ2) is 5.22. The highest BCUT2D eigenvalue weighted by molar-refractivity contribution is 5.69. The molecule has 6 heteroatoms. The summed E-state index contributed by atoms with van der Waals surface area (Å²) in [7, 11) is 1.79. The quantitative estimate of drug-likeness (QED) is 0.638. The van der Waals surface area contributed by atoms with Gasteiger partial charge in [-0.3, -0.25) is 5.01 Å². The topological polar surface area (TPSA) is 62.7 Å². The molecule has 0 radical (unpaired) electrons. The average molecular weight is 248 g/mol. The minimum absolute atomic E-state index is 0.718. The van der Waals surface area contributed by atoms with Crippen molar-refractivity contribution in [3.8, 4) is 0 Å². The number of hydrogen-bond acceptors (Lipinski definition) is 5. The van der Waals surface area contributed by atoms with Crippen LogP contribution in [-0.4, -0.2) is 34.7 Å². The van der Waals surface area contributed by atoms with Crippen LogP contribution in [0.15, 0.2) is 18.3 Å². The highest BCUT2D eigenvalue weighted by Gasteiger charge is 2.13. The molecule has 98 valence electrons. The van der Waals surface area contributed by atoms with Crippen molar-refractivity contribution in [3.63, 3.8) is 0 Å². The Kier molecular flexibility index (Phi) is 3.66. The van der Waals surface area contributed by atoms with E-state index in [-0.39, 0.29) is 0 Å². The molecular formula is C12H20N6. The molecule has 2 heterocycles. The average Bonchev–Trinajstić information content (AvgIpc) is 2.82. The fourth-order valence-corrected chi connectivity index (χ4v) is 1.97. The van der Waals surface area contributed by atoms with E-state index in [0.29, 0.717) is 0 Å². The highest BCUT2D eigenvalue weighted by Crippen LogP contribution is 2.19. The van der Waals surface area contributed by atoms with Crippen LogP contribution in [0.5, 0.6) is 0 Å². The van der Waals surface area contributed by atoms with Gasteiger partial charge in [-0.2, -0.15) is 4.98 Å². The van der Waals surface area contributed by atoms with Crippen LogP contribution in [0.4, 0.5) is 11.8 Å². The standard InChI is InChI=1S/C12H20N6/c1-4-8-17(5-2)12-14-11(16(3)13)10-7-6-9-18(10)15-12/h6-7,9H,4-5,8,13H2,1-3H3. The van der Waals surface area contributed by atoms with Gasteiger partial charge in [0.05, 0.1) is 0 Å². The van der Waals surface area contributed by atoms with Crippen LogP contribution < -0.4 is 15.8 Å². The van der Waals surface area contributed by atoms with E-state index in [9.17, 15) is 0 Å². The zero-order valence-corrected chi connectivity index (χ0v) is 11.2. The molecule has 0 aliphatic heterocycles. The molecule has 2 aromatic heterocycles. The number of fused-ring (bicyclic) bond motifs is 1. The molecule has 2 N–H and O–H groups in total. The van der Waals surface area contributed by atoms with Gasteiger partial charge in [-0.15, -0.1) is 5.10 Å². The monoisotopic (exact) mass is 248 g/mol. The molecule has 0 saturated heterocycles. The van der Waals surface area contributed by atoms with Crippen molar-refractivity contribution in [3.05, 3.63) is 18.3 Å². The SMILES string of the molecule is CCCN(CC)c1nc(N(C)N)c2cccn2n1. The van der Waals surface area contributed by atoms with E-state index >= 15 is 0 Å². The van der Waals surface area contributed by atoms with Crippen LogP contribution in [0.1, 0.15) is 20.3 Å². The summed E-state index contributed by atoms with van der Waals surface area (Å²) in [5, 5.41) is 6.05. The molecule has 6 nitrogen and oxygen atoms in total. The van der Waals surface area contributed by atoms with Crippen molar-refractivity contribution in [2.45, 2.75) is 20.3 Å². The molecule has 2 rings (SSSR count). The van der Waals surface area contributed by atoms with Crippen molar-refractivity contribution in [1.29, 1.82) is 0 Å². The van der Waals surface area contributed by atoms with Crippen molar-refractivity contribution in [2.75, 3.05) is 30.0 Å². The van der Waals surface area contributed by atoms with Crippen molar-refractivity contribution < 1.29 is 0 Å². The third-order valence-corrected chi connectivity index (χ3v) is 2.85. The lowest BCUT2D eigenvalue weighted by Crippen LogP contribution is -2.30. The molecule has 0 unspecified atom stereocenters. The van der Waals surface area contributed by atoms with E-state index in [2.05, 4.69) is 28.8 Å². The summed E-state index contributed by atoms with van der Waals surface area (Å²) in [6.45, 7) is 6.07. The van der Waals surface area contributed by atoms with E-state index in [4.69, 9.17) is 5.84 Å². The predicted molar refractivity (Wildman–Crippen MR) is 73.8 cm³/mol. The Bertz CT molecular complexity index is 518. The van der Waals surface area contributed by atoms with Crippen molar-refractivity contribution >= 4 is 17.3 Å². The van der Waals surface area contributed by atoms with Crippen molar-refractivity contribution in [2.24, 2.45) is 5.84 Å². The first kappa shape index (κ1) is 12.6. The highest BCUT2D eigenvalue weighted by atomic mass is 15.5. The van der Waals surface area contributed by atoms with Gasteiger partial charge in [-0.05, 0) is 25.5 Å². The number of anilines is 2. The van der Waals surface area contributed by atoms with E-state index in [1.807, 2.05) is 22.8 Å². The van der Waals surface area contributed by atoms with E-state index in [1.54, 1.807) is 7.05 Å². The summed E-state index contributed by atoms with van der Waals surface area (Å²) in [4.78, 5) is 6.70. The smallest absolute Gasteiger partial charge is 0.245 e. The van der Waals surface area contributed by atoms with Crippen LogP contribution in [0, 0.1) is 0 Å². The van der Waals surface area contributed by atoms with Crippen LogP contribution in [0.2, 0.25) is 0 Å². The van der Waals surface area contributed by atoms with Gasteiger partial charge < -0.3 is 4.90 Å². The molecule has 0 aliphatic rings. The molecule has 0 saturated carbocycles. The van der Waals surface area contributed by atoms with Gasteiger partial charge in [0.15, 0.2) is 5.82 Å². The Labute approximate surface area is 107 Å². The maximum Gasteiger partial charge on any atom is 0.245 e. The molecule has 0 spiro atoms. The van der Waals surface area contributed by atoms with Gasteiger partial charge in [-0.1, -0.05) is 6.92 Å². The second-order valence-corrected chi connectivity index (χ2v) is 4.26. The van der Waals surface area contributed by atoms with E-state index in [0.717, 1.165) is 36.8 Å². The number of hydrogen-bond donors (Lipinski definition) is 1. The fourth-order valence-electron chi connectivity index (χ4n) is 1.97. The number of hydrazine groups is 1. The first-order valence-corrected chi connectivity index (χ1v) is 6.26. The maximum absolute atomic E-state index is 5.83. The van der Waals surface area contributed by atoms with Gasteiger partial charge in [0.1, 0.15) is 5.52 Å². The van der Waals surface area contributed by atoms with Crippen LogP contribution in [-0.2, 0) is 0 Å². The van der Waals surface area contributed by atoms with Gasteiger partial charge >= 0.3 is 0 Å². The normalized spacial score (nSPS) is 10.9. The Hall–Kier alpha value is -1.82. The first-order valence-electron chi connectivity index (χ1n) is 6.26. The van der Waals surface area contributed by atoms with E-state index in [1.165, 1.54) is 5.01 Å². The summed E-state index contributed by atoms with van der Waals surface area (Å²) in [5.41, 5.74) is 0.913. The number of rotatable bonds is 5. The zero-order valence-electron chi connectivity index (χ0n) is 11.2. The summed E-state index contributed by atoms with van der Waals surface area (Å²) < 4.78 is 1.82. The summed E-state index contributed by atoms with van der Waals surface area (Å²) in [6, 6.07) is 3.90. The summed E-state index contributed by atoms with van der Waals surface area (Å²) in [5.74, 6) is 7.29. The Morgan fingerprint density at radius 2 is 2.17 bits per heavy atom. The Morgan fingerprint density at radius 1 is 1.39 bits per heavy atom. The minimum Gasteiger partial charge on any atom is -0.340 e. The molecule has 0 aromatic carbocycles. The minimum atomic E-state index is 0.718. The van der Waals surface area contributed by atoms with Crippen LogP contribution >= 0.6 is 0 Å². The molecule has 0 aliphatic carbocycles. The third kappa shape index (κ3) is 2.24. The predicted octanol–water partition coefficient (Wildman–Crippen LogP) is 1.28. The number of nitrogens with zero attached hydrogens (tertiary/aromatic N) is 5. The number of aromatic nitrogens is 3. The molecule has 18 heavy (non-hydrogen) atoms. The molecule has 0 amide bonds. The second-order valence-electron chi connectivity index (χ2n) is 4.26. The van der Waals surface area contributed by atoms with Crippen LogP contribution in [0.25, 0.3) is 5.52 Å². The summed E-state index contributed by atoms with van der Waals surface area (Å²) >= 11 is 0. The largest absolute Gasteiger partial charge is 0.340 e. The summed E-state index contributed by atoms with van der Waals surface area (Å²) in [6.07, 6.45) is 2.97. The van der Waals surface area contributed by atoms with Gasteiger partial charge in [0.25, 0.3) is 0 Å². The zero-order chi connectivity index (χ0) is 13.1. The molecule has 0 bridgehead atoms.